The molecule has 0 unspecified atom stereocenters. The van der Waals surface area contributed by atoms with Crippen LogP contribution in [0.15, 0.2) is 12.3 Å². The third-order valence-corrected chi connectivity index (χ3v) is 3.76. The summed E-state index contributed by atoms with van der Waals surface area (Å²) in [5.41, 5.74) is 7.81. The first-order valence-electron chi connectivity index (χ1n) is 7.60. The Balaban J connectivity index is 2.24. The molecule has 0 bridgehead atoms. The van der Waals surface area contributed by atoms with E-state index in [9.17, 15) is 0 Å². The van der Waals surface area contributed by atoms with Crippen LogP contribution in [-0.2, 0) is 12.0 Å². The minimum Gasteiger partial charge on any atom is -0.381 e. The van der Waals surface area contributed by atoms with Gasteiger partial charge in [-0.15, -0.1) is 5.10 Å². The Morgan fingerprint density at radius 1 is 1.24 bits per heavy atom. The van der Waals surface area contributed by atoms with Gasteiger partial charge in [0.15, 0.2) is 5.82 Å². The summed E-state index contributed by atoms with van der Waals surface area (Å²) in [7, 11) is 0. The maximum atomic E-state index is 5.96. The number of nitrogens with two attached hydrogens (primary N) is 1. The Bertz CT molecular complexity index is 586. The van der Waals surface area contributed by atoms with Crippen molar-refractivity contribution in [1.82, 2.24) is 24.8 Å². The Morgan fingerprint density at radius 3 is 2.48 bits per heavy atom. The highest BCUT2D eigenvalue weighted by Gasteiger charge is 2.24. The van der Waals surface area contributed by atoms with Gasteiger partial charge in [-0.25, -0.2) is 4.68 Å². The quantitative estimate of drug-likeness (QED) is 0.918. The standard InChI is InChI=1S/C15H26N6/c1-6-12(7-2)20-9-8-11(18-20)10-21-13(15(3,4)5)14(16)17-19-21/h8-9,12H,6-7,10,16H2,1-5H3. The molecule has 0 aliphatic carbocycles. The van der Waals surface area contributed by atoms with Crippen molar-refractivity contribution < 1.29 is 0 Å². The lowest BCUT2D eigenvalue weighted by Gasteiger charge is -2.19. The highest BCUT2D eigenvalue weighted by molar-refractivity contribution is 5.38. The van der Waals surface area contributed by atoms with Gasteiger partial charge in [-0.05, 0) is 18.9 Å². The number of aromatic nitrogens is 5. The zero-order valence-corrected chi connectivity index (χ0v) is 13.7. The van der Waals surface area contributed by atoms with Gasteiger partial charge in [0.2, 0.25) is 0 Å². The molecule has 2 aromatic rings. The van der Waals surface area contributed by atoms with Crippen LogP contribution in [0.1, 0.15) is 64.9 Å². The fourth-order valence-corrected chi connectivity index (χ4v) is 2.69. The van der Waals surface area contributed by atoms with E-state index >= 15 is 0 Å². The Morgan fingerprint density at radius 2 is 1.90 bits per heavy atom. The van der Waals surface area contributed by atoms with Gasteiger partial charge in [0, 0.05) is 11.6 Å². The van der Waals surface area contributed by atoms with Crippen LogP contribution in [0.5, 0.6) is 0 Å². The van der Waals surface area contributed by atoms with E-state index in [0.29, 0.717) is 18.4 Å². The average Bonchev–Trinajstić information content (AvgIpc) is 2.98. The van der Waals surface area contributed by atoms with Gasteiger partial charge in [0.1, 0.15) is 0 Å². The second kappa shape index (κ2) is 5.87. The number of nitrogen functional groups attached to an aromatic ring is 1. The van der Waals surface area contributed by atoms with Crippen molar-refractivity contribution in [2.24, 2.45) is 0 Å². The van der Waals surface area contributed by atoms with Gasteiger partial charge < -0.3 is 5.73 Å². The molecule has 0 aromatic carbocycles. The van der Waals surface area contributed by atoms with E-state index in [1.54, 1.807) is 0 Å². The third-order valence-electron chi connectivity index (χ3n) is 3.76. The molecular formula is C15H26N6. The molecule has 2 N–H and O–H groups in total. The summed E-state index contributed by atoms with van der Waals surface area (Å²) in [4.78, 5) is 0. The average molecular weight is 290 g/mol. The fraction of sp³-hybridized carbons (Fsp3) is 0.667. The van der Waals surface area contributed by atoms with Crippen LogP contribution < -0.4 is 5.73 Å². The monoisotopic (exact) mass is 290 g/mol. The minimum atomic E-state index is -0.0917. The number of anilines is 1. The predicted octanol–water partition coefficient (Wildman–Crippen LogP) is 2.76. The number of hydrogen-bond donors (Lipinski definition) is 1. The molecule has 0 fully saturated rings. The summed E-state index contributed by atoms with van der Waals surface area (Å²) in [5, 5.41) is 12.8. The van der Waals surface area contributed by atoms with Gasteiger partial charge in [0.05, 0.1) is 24.0 Å². The first-order valence-corrected chi connectivity index (χ1v) is 7.60. The largest absolute Gasteiger partial charge is 0.381 e. The predicted molar refractivity (Wildman–Crippen MR) is 84.1 cm³/mol. The van der Waals surface area contributed by atoms with E-state index in [1.165, 1.54) is 0 Å². The third kappa shape index (κ3) is 3.25. The van der Waals surface area contributed by atoms with Crippen LogP contribution in [0.3, 0.4) is 0 Å². The molecule has 2 rings (SSSR count). The number of nitrogens with zero attached hydrogens (tertiary/aromatic N) is 5. The fourth-order valence-electron chi connectivity index (χ4n) is 2.69. The molecule has 6 heteroatoms. The number of hydrogen-bond acceptors (Lipinski definition) is 4. The maximum absolute atomic E-state index is 5.96. The van der Waals surface area contributed by atoms with Gasteiger partial charge in [-0.2, -0.15) is 5.10 Å². The molecule has 0 aliphatic rings. The Labute approximate surface area is 126 Å². The van der Waals surface area contributed by atoms with Crippen LogP contribution in [0.25, 0.3) is 0 Å². The van der Waals surface area contributed by atoms with Crippen molar-refractivity contribution in [1.29, 1.82) is 0 Å². The molecular weight excluding hydrogens is 264 g/mol. The molecule has 0 atom stereocenters. The lowest BCUT2D eigenvalue weighted by molar-refractivity contribution is 0.422. The molecule has 2 heterocycles. The molecule has 21 heavy (non-hydrogen) atoms. The van der Waals surface area contributed by atoms with Crippen molar-refractivity contribution >= 4 is 5.82 Å². The topological polar surface area (TPSA) is 74.5 Å². The van der Waals surface area contributed by atoms with E-state index in [4.69, 9.17) is 5.73 Å². The van der Waals surface area contributed by atoms with Crippen molar-refractivity contribution in [2.75, 3.05) is 5.73 Å². The van der Waals surface area contributed by atoms with E-state index < -0.39 is 0 Å². The maximum Gasteiger partial charge on any atom is 0.169 e. The molecule has 2 aromatic heterocycles. The van der Waals surface area contributed by atoms with Crippen LogP contribution in [0.4, 0.5) is 5.82 Å². The van der Waals surface area contributed by atoms with Crippen LogP contribution in [0, 0.1) is 0 Å². The molecule has 0 saturated carbocycles. The smallest absolute Gasteiger partial charge is 0.169 e. The second-order valence-corrected chi connectivity index (χ2v) is 6.49. The van der Waals surface area contributed by atoms with Crippen molar-refractivity contribution in [3.05, 3.63) is 23.7 Å². The van der Waals surface area contributed by atoms with Crippen molar-refractivity contribution in [3.8, 4) is 0 Å². The summed E-state index contributed by atoms with van der Waals surface area (Å²) in [6.45, 7) is 11.3. The summed E-state index contributed by atoms with van der Waals surface area (Å²) in [6, 6.07) is 2.50. The molecule has 0 radical (unpaired) electrons. The van der Waals surface area contributed by atoms with E-state index in [2.05, 4.69) is 50.0 Å². The zero-order valence-electron chi connectivity index (χ0n) is 13.7. The van der Waals surface area contributed by atoms with Gasteiger partial charge in [-0.3, -0.25) is 4.68 Å². The van der Waals surface area contributed by atoms with E-state index in [-0.39, 0.29) is 5.41 Å². The summed E-state index contributed by atoms with van der Waals surface area (Å²) in [5.74, 6) is 0.502. The SMILES string of the molecule is CCC(CC)n1ccc(Cn2nnc(N)c2C(C)(C)C)n1. The minimum absolute atomic E-state index is 0.0917. The first-order chi connectivity index (χ1) is 9.86. The normalized spacial score (nSPS) is 12.3. The Hall–Kier alpha value is -1.85. The van der Waals surface area contributed by atoms with Gasteiger partial charge >= 0.3 is 0 Å². The summed E-state index contributed by atoms with van der Waals surface area (Å²) < 4.78 is 3.90. The van der Waals surface area contributed by atoms with Crippen LogP contribution in [-0.4, -0.2) is 24.8 Å². The number of rotatable bonds is 5. The highest BCUT2D eigenvalue weighted by Crippen LogP contribution is 2.26. The van der Waals surface area contributed by atoms with E-state index in [1.807, 2.05) is 21.6 Å². The molecule has 0 amide bonds. The van der Waals surface area contributed by atoms with Crippen LogP contribution >= 0.6 is 0 Å². The lowest BCUT2D eigenvalue weighted by Crippen LogP contribution is -2.20. The summed E-state index contributed by atoms with van der Waals surface area (Å²) in [6.07, 6.45) is 4.21. The molecule has 0 spiro atoms. The molecule has 116 valence electrons. The zero-order chi connectivity index (χ0) is 15.6. The van der Waals surface area contributed by atoms with Crippen LogP contribution in [0.2, 0.25) is 0 Å². The van der Waals surface area contributed by atoms with Gasteiger partial charge in [-0.1, -0.05) is 39.8 Å². The lowest BCUT2D eigenvalue weighted by atomic mass is 9.92. The van der Waals surface area contributed by atoms with E-state index in [0.717, 1.165) is 24.2 Å². The molecule has 0 aliphatic heterocycles. The molecule has 0 saturated heterocycles. The first kappa shape index (κ1) is 15.5. The summed E-state index contributed by atoms with van der Waals surface area (Å²) >= 11 is 0. The second-order valence-electron chi connectivity index (χ2n) is 6.49. The van der Waals surface area contributed by atoms with Crippen molar-refractivity contribution in [3.63, 3.8) is 0 Å². The van der Waals surface area contributed by atoms with Crippen molar-refractivity contribution in [2.45, 2.75) is 65.5 Å². The Kier molecular flexibility index (Phi) is 4.34. The highest BCUT2D eigenvalue weighted by atomic mass is 15.5. The molecule has 6 nitrogen and oxygen atoms in total. The van der Waals surface area contributed by atoms with Gasteiger partial charge in [0.25, 0.3) is 0 Å².